The molecule has 0 bridgehead atoms. The van der Waals surface area contributed by atoms with E-state index in [1.165, 1.54) is 0 Å². The number of piperidine rings is 1. The number of rotatable bonds is 2. The molecule has 2 rings (SSSR count). The van der Waals surface area contributed by atoms with Gasteiger partial charge >= 0.3 is 0 Å². The van der Waals surface area contributed by atoms with Crippen molar-refractivity contribution in [2.24, 2.45) is 11.8 Å². The number of hydrogen-bond acceptors (Lipinski definition) is 3. The van der Waals surface area contributed by atoms with Crippen LogP contribution in [0.25, 0.3) is 0 Å². The number of nitrogens with zero attached hydrogens (tertiary/aromatic N) is 1. The van der Waals surface area contributed by atoms with Crippen molar-refractivity contribution < 1.29 is 9.53 Å². The lowest BCUT2D eigenvalue weighted by Gasteiger charge is -2.37. The molecule has 4 atom stereocenters. The van der Waals surface area contributed by atoms with Crippen molar-refractivity contribution in [2.45, 2.75) is 38.8 Å². The van der Waals surface area contributed by atoms with Gasteiger partial charge in [0, 0.05) is 20.2 Å². The summed E-state index contributed by atoms with van der Waals surface area (Å²) in [7, 11) is 1.74. The first-order chi connectivity index (χ1) is 8.13. The first-order valence-corrected chi connectivity index (χ1v) is 6.68. The second-order valence-corrected chi connectivity index (χ2v) is 5.52. The highest BCUT2D eigenvalue weighted by Crippen LogP contribution is 2.23. The van der Waals surface area contributed by atoms with Gasteiger partial charge in [0.15, 0.2) is 0 Å². The number of carbonyl (C=O) groups is 1. The van der Waals surface area contributed by atoms with Crippen molar-refractivity contribution in [1.82, 2.24) is 10.2 Å². The van der Waals surface area contributed by atoms with Crippen molar-refractivity contribution in [1.29, 1.82) is 0 Å². The lowest BCUT2D eigenvalue weighted by Crippen LogP contribution is -2.52. The predicted molar refractivity (Wildman–Crippen MR) is 66.7 cm³/mol. The summed E-state index contributed by atoms with van der Waals surface area (Å²) < 4.78 is 5.46. The van der Waals surface area contributed by atoms with Gasteiger partial charge in [-0.1, -0.05) is 13.8 Å². The molecular formula is C13H24N2O2. The van der Waals surface area contributed by atoms with Gasteiger partial charge in [-0.2, -0.15) is 0 Å². The Bertz CT molecular complexity index is 283. The van der Waals surface area contributed by atoms with Crippen LogP contribution in [0, 0.1) is 11.8 Å². The highest BCUT2D eigenvalue weighted by Gasteiger charge is 2.36. The van der Waals surface area contributed by atoms with E-state index < -0.39 is 0 Å². The van der Waals surface area contributed by atoms with E-state index in [-0.39, 0.29) is 18.1 Å². The summed E-state index contributed by atoms with van der Waals surface area (Å²) >= 11 is 0. The van der Waals surface area contributed by atoms with Crippen LogP contribution in [0.4, 0.5) is 0 Å². The molecule has 4 nitrogen and oxygen atoms in total. The second kappa shape index (κ2) is 5.36. The Morgan fingerprint density at radius 2 is 2.06 bits per heavy atom. The fourth-order valence-electron chi connectivity index (χ4n) is 2.90. The highest BCUT2D eigenvalue weighted by molar-refractivity contribution is 5.82. The van der Waals surface area contributed by atoms with Crippen LogP contribution in [0.15, 0.2) is 0 Å². The van der Waals surface area contributed by atoms with Gasteiger partial charge in [-0.15, -0.1) is 0 Å². The van der Waals surface area contributed by atoms with Crippen LogP contribution >= 0.6 is 0 Å². The number of methoxy groups -OCH3 is 1. The number of ether oxygens (including phenoxy) is 1. The average Bonchev–Trinajstić information content (AvgIpc) is 2.75. The van der Waals surface area contributed by atoms with E-state index in [4.69, 9.17) is 4.74 Å². The number of likely N-dealkylation sites (tertiary alicyclic amines) is 1. The fraction of sp³-hybridized carbons (Fsp3) is 0.923. The number of amides is 1. The largest absolute Gasteiger partial charge is 0.379 e. The molecule has 17 heavy (non-hydrogen) atoms. The minimum absolute atomic E-state index is 0.0286. The van der Waals surface area contributed by atoms with E-state index in [1.807, 2.05) is 4.90 Å². The molecule has 0 saturated carbocycles. The SMILES string of the molecule is COC1CN(C(=O)C2NCCC2C)CCC1C. The normalized spacial score (nSPS) is 38.4. The first-order valence-electron chi connectivity index (χ1n) is 6.68. The van der Waals surface area contributed by atoms with Gasteiger partial charge in [0.25, 0.3) is 0 Å². The molecule has 1 amide bonds. The molecule has 2 aliphatic heterocycles. The Kier molecular flexibility index (Phi) is 4.05. The molecule has 0 aromatic carbocycles. The topological polar surface area (TPSA) is 41.6 Å². The van der Waals surface area contributed by atoms with Crippen molar-refractivity contribution in [2.75, 3.05) is 26.7 Å². The van der Waals surface area contributed by atoms with E-state index in [0.717, 1.165) is 32.5 Å². The summed E-state index contributed by atoms with van der Waals surface area (Å²) in [5.74, 6) is 1.28. The van der Waals surface area contributed by atoms with Crippen LogP contribution < -0.4 is 5.32 Å². The van der Waals surface area contributed by atoms with Crippen LogP contribution in [0.2, 0.25) is 0 Å². The molecule has 2 fully saturated rings. The zero-order valence-corrected chi connectivity index (χ0v) is 11.1. The second-order valence-electron chi connectivity index (χ2n) is 5.52. The Morgan fingerprint density at radius 3 is 2.65 bits per heavy atom. The number of nitrogens with one attached hydrogen (secondary N) is 1. The first kappa shape index (κ1) is 12.8. The number of carbonyl (C=O) groups excluding carboxylic acids is 1. The molecule has 2 saturated heterocycles. The van der Waals surface area contributed by atoms with E-state index in [9.17, 15) is 4.79 Å². The summed E-state index contributed by atoms with van der Waals surface area (Å²) in [5, 5.41) is 3.32. The molecule has 0 aromatic rings. The molecule has 4 heteroatoms. The molecule has 2 heterocycles. The van der Waals surface area contributed by atoms with E-state index >= 15 is 0 Å². The molecule has 2 aliphatic rings. The Hall–Kier alpha value is -0.610. The van der Waals surface area contributed by atoms with Gasteiger partial charge in [-0.3, -0.25) is 4.79 Å². The monoisotopic (exact) mass is 240 g/mol. The Balaban J connectivity index is 1.95. The Labute approximate surface area is 104 Å². The Morgan fingerprint density at radius 1 is 1.29 bits per heavy atom. The molecule has 0 radical (unpaired) electrons. The van der Waals surface area contributed by atoms with Gasteiger partial charge in [-0.25, -0.2) is 0 Å². The lowest BCUT2D eigenvalue weighted by atomic mass is 9.94. The summed E-state index contributed by atoms with van der Waals surface area (Å²) in [6.45, 7) is 6.96. The maximum Gasteiger partial charge on any atom is 0.240 e. The van der Waals surface area contributed by atoms with E-state index in [1.54, 1.807) is 7.11 Å². The molecule has 4 unspecified atom stereocenters. The lowest BCUT2D eigenvalue weighted by molar-refractivity contribution is -0.139. The maximum absolute atomic E-state index is 12.4. The van der Waals surface area contributed by atoms with Crippen molar-refractivity contribution in [3.63, 3.8) is 0 Å². The zero-order chi connectivity index (χ0) is 12.4. The van der Waals surface area contributed by atoms with Crippen LogP contribution in [0.3, 0.4) is 0 Å². The molecule has 0 aliphatic carbocycles. The van der Waals surface area contributed by atoms with Gasteiger partial charge in [0.05, 0.1) is 12.1 Å². The number of hydrogen-bond donors (Lipinski definition) is 1. The smallest absolute Gasteiger partial charge is 0.240 e. The van der Waals surface area contributed by atoms with Gasteiger partial charge in [0.2, 0.25) is 5.91 Å². The standard InChI is InChI=1S/C13H24N2O2/c1-9-5-7-15(8-11(9)17-3)13(16)12-10(2)4-6-14-12/h9-12,14H,4-8H2,1-3H3. The summed E-state index contributed by atoms with van der Waals surface area (Å²) in [6.07, 6.45) is 2.35. The van der Waals surface area contributed by atoms with E-state index in [0.29, 0.717) is 11.8 Å². The minimum atomic E-state index is 0.0286. The molecule has 0 aromatic heterocycles. The van der Waals surface area contributed by atoms with Crippen LogP contribution in [-0.2, 0) is 9.53 Å². The summed E-state index contributed by atoms with van der Waals surface area (Å²) in [5.41, 5.74) is 0. The van der Waals surface area contributed by atoms with Gasteiger partial charge in [-0.05, 0) is 31.2 Å². The predicted octanol–water partition coefficient (Wildman–Crippen LogP) is 0.868. The molecule has 1 N–H and O–H groups in total. The summed E-state index contributed by atoms with van der Waals surface area (Å²) in [4.78, 5) is 14.4. The van der Waals surface area contributed by atoms with E-state index in [2.05, 4.69) is 19.2 Å². The van der Waals surface area contributed by atoms with Crippen LogP contribution in [0.1, 0.15) is 26.7 Å². The maximum atomic E-state index is 12.4. The van der Waals surface area contributed by atoms with Crippen molar-refractivity contribution >= 4 is 5.91 Å². The summed E-state index contributed by atoms with van der Waals surface area (Å²) in [6, 6.07) is 0.0286. The van der Waals surface area contributed by atoms with Crippen molar-refractivity contribution in [3.8, 4) is 0 Å². The van der Waals surface area contributed by atoms with Crippen LogP contribution in [-0.4, -0.2) is 49.7 Å². The van der Waals surface area contributed by atoms with Crippen LogP contribution in [0.5, 0.6) is 0 Å². The molecule has 98 valence electrons. The minimum Gasteiger partial charge on any atom is -0.379 e. The van der Waals surface area contributed by atoms with Crippen molar-refractivity contribution in [3.05, 3.63) is 0 Å². The zero-order valence-electron chi connectivity index (χ0n) is 11.1. The average molecular weight is 240 g/mol. The quantitative estimate of drug-likeness (QED) is 0.778. The van der Waals surface area contributed by atoms with Gasteiger partial charge < -0.3 is 15.0 Å². The van der Waals surface area contributed by atoms with Gasteiger partial charge in [0.1, 0.15) is 0 Å². The third-order valence-corrected chi connectivity index (χ3v) is 4.30. The highest BCUT2D eigenvalue weighted by atomic mass is 16.5. The fourth-order valence-corrected chi connectivity index (χ4v) is 2.90. The molecular weight excluding hydrogens is 216 g/mol. The third-order valence-electron chi connectivity index (χ3n) is 4.30. The third kappa shape index (κ3) is 2.63. The molecule has 0 spiro atoms.